The molecule has 1 aliphatic rings. The molecule has 130 valence electrons. The fourth-order valence-electron chi connectivity index (χ4n) is 3.20. The Morgan fingerprint density at radius 3 is 3.08 bits per heavy atom. The summed E-state index contributed by atoms with van der Waals surface area (Å²) < 4.78 is 11.9. The highest BCUT2D eigenvalue weighted by molar-refractivity contribution is 5.82. The molecule has 3 aromatic rings. The third kappa shape index (κ3) is 3.67. The Morgan fingerprint density at radius 2 is 2.20 bits per heavy atom. The van der Waals surface area contributed by atoms with Crippen LogP contribution in [-0.4, -0.2) is 42.4 Å². The molecule has 5 nitrogen and oxygen atoms in total. The SMILES string of the molecule is Cc1c[nH]c2ncc(N3CCOCC(OCc4ccccc4)C3)cc12. The summed E-state index contributed by atoms with van der Waals surface area (Å²) >= 11 is 0. The van der Waals surface area contributed by atoms with Gasteiger partial charge in [-0.3, -0.25) is 0 Å². The second kappa shape index (κ2) is 7.25. The number of hydrogen-bond donors (Lipinski definition) is 1. The van der Waals surface area contributed by atoms with Crippen molar-refractivity contribution in [2.75, 3.05) is 31.2 Å². The minimum absolute atomic E-state index is 0.0470. The summed E-state index contributed by atoms with van der Waals surface area (Å²) in [4.78, 5) is 10.1. The third-order valence-corrected chi connectivity index (χ3v) is 4.65. The number of hydrogen-bond acceptors (Lipinski definition) is 4. The van der Waals surface area contributed by atoms with Crippen LogP contribution in [0.25, 0.3) is 11.0 Å². The molecular formula is C20H23N3O2. The Balaban J connectivity index is 1.47. The van der Waals surface area contributed by atoms with Gasteiger partial charge in [-0.15, -0.1) is 0 Å². The fraction of sp³-hybridized carbons (Fsp3) is 0.350. The van der Waals surface area contributed by atoms with Gasteiger partial charge in [-0.05, 0) is 24.1 Å². The van der Waals surface area contributed by atoms with E-state index in [2.05, 4.69) is 40.0 Å². The molecule has 0 bridgehead atoms. The lowest BCUT2D eigenvalue weighted by molar-refractivity contribution is -0.00795. The summed E-state index contributed by atoms with van der Waals surface area (Å²) in [5.41, 5.74) is 4.45. The zero-order chi connectivity index (χ0) is 17.1. The maximum absolute atomic E-state index is 6.10. The van der Waals surface area contributed by atoms with Crippen LogP contribution in [-0.2, 0) is 16.1 Å². The molecule has 1 saturated heterocycles. The van der Waals surface area contributed by atoms with Crippen molar-refractivity contribution in [3.8, 4) is 0 Å². The number of H-pyrrole nitrogens is 1. The van der Waals surface area contributed by atoms with E-state index in [4.69, 9.17) is 9.47 Å². The van der Waals surface area contributed by atoms with E-state index in [1.54, 1.807) is 0 Å². The largest absolute Gasteiger partial charge is 0.377 e. The van der Waals surface area contributed by atoms with Crippen LogP contribution in [0.1, 0.15) is 11.1 Å². The average Bonchev–Trinajstić information content (AvgIpc) is 2.87. The van der Waals surface area contributed by atoms with Crippen LogP contribution in [0.3, 0.4) is 0 Å². The number of aromatic amines is 1. The Kier molecular flexibility index (Phi) is 4.68. The minimum atomic E-state index is 0.0470. The highest BCUT2D eigenvalue weighted by atomic mass is 16.5. The van der Waals surface area contributed by atoms with Gasteiger partial charge < -0.3 is 19.4 Å². The first-order valence-corrected chi connectivity index (χ1v) is 8.71. The second-order valence-corrected chi connectivity index (χ2v) is 6.50. The quantitative estimate of drug-likeness (QED) is 0.794. The summed E-state index contributed by atoms with van der Waals surface area (Å²) in [7, 11) is 0. The number of nitrogens with one attached hydrogen (secondary N) is 1. The van der Waals surface area contributed by atoms with Gasteiger partial charge in [0.25, 0.3) is 0 Å². The zero-order valence-corrected chi connectivity index (χ0v) is 14.4. The summed E-state index contributed by atoms with van der Waals surface area (Å²) in [5, 5.41) is 1.17. The van der Waals surface area contributed by atoms with Gasteiger partial charge in [-0.2, -0.15) is 0 Å². The Labute approximate surface area is 147 Å². The van der Waals surface area contributed by atoms with E-state index in [1.165, 1.54) is 16.5 Å². The number of aryl methyl sites for hydroxylation is 1. The van der Waals surface area contributed by atoms with Crippen molar-refractivity contribution >= 4 is 16.7 Å². The van der Waals surface area contributed by atoms with E-state index < -0.39 is 0 Å². The lowest BCUT2D eigenvalue weighted by Gasteiger charge is -2.25. The highest BCUT2D eigenvalue weighted by Gasteiger charge is 2.20. The molecule has 3 heterocycles. The molecule has 5 heteroatoms. The van der Waals surface area contributed by atoms with Gasteiger partial charge in [0.15, 0.2) is 0 Å². The van der Waals surface area contributed by atoms with Crippen molar-refractivity contribution in [3.05, 3.63) is 59.9 Å². The number of nitrogens with zero attached hydrogens (tertiary/aromatic N) is 2. The minimum Gasteiger partial charge on any atom is -0.377 e. The molecule has 1 atom stereocenters. The van der Waals surface area contributed by atoms with E-state index in [9.17, 15) is 0 Å². The molecule has 1 N–H and O–H groups in total. The molecule has 2 aromatic heterocycles. The standard InChI is InChI=1S/C20H23N3O2/c1-15-10-21-20-19(15)9-17(11-22-20)23-7-8-24-14-18(12-23)25-13-16-5-3-2-4-6-16/h2-6,9-11,18H,7-8,12-14H2,1H3,(H,21,22). The molecule has 25 heavy (non-hydrogen) atoms. The van der Waals surface area contributed by atoms with Crippen molar-refractivity contribution in [2.45, 2.75) is 19.6 Å². The second-order valence-electron chi connectivity index (χ2n) is 6.50. The van der Waals surface area contributed by atoms with E-state index in [0.29, 0.717) is 19.8 Å². The van der Waals surface area contributed by atoms with E-state index >= 15 is 0 Å². The number of aromatic nitrogens is 2. The molecule has 0 amide bonds. The van der Waals surface area contributed by atoms with Crippen molar-refractivity contribution < 1.29 is 9.47 Å². The van der Waals surface area contributed by atoms with Crippen LogP contribution in [0.4, 0.5) is 5.69 Å². The molecule has 1 aliphatic heterocycles. The molecule has 0 aliphatic carbocycles. The maximum Gasteiger partial charge on any atom is 0.137 e. The predicted molar refractivity (Wildman–Crippen MR) is 98.9 cm³/mol. The van der Waals surface area contributed by atoms with E-state index in [0.717, 1.165) is 24.4 Å². The van der Waals surface area contributed by atoms with Crippen molar-refractivity contribution in [1.82, 2.24) is 9.97 Å². The van der Waals surface area contributed by atoms with Gasteiger partial charge in [-0.25, -0.2) is 4.98 Å². The fourth-order valence-corrected chi connectivity index (χ4v) is 3.20. The van der Waals surface area contributed by atoms with Crippen LogP contribution < -0.4 is 4.90 Å². The predicted octanol–water partition coefficient (Wildman–Crippen LogP) is 3.29. The van der Waals surface area contributed by atoms with E-state index in [-0.39, 0.29) is 6.10 Å². The normalized spacial score (nSPS) is 18.4. The monoisotopic (exact) mass is 337 g/mol. The van der Waals surface area contributed by atoms with Crippen LogP contribution in [0.2, 0.25) is 0 Å². The third-order valence-electron chi connectivity index (χ3n) is 4.65. The van der Waals surface area contributed by atoms with Crippen LogP contribution in [0.5, 0.6) is 0 Å². The lowest BCUT2D eigenvalue weighted by Crippen LogP contribution is -2.34. The maximum atomic E-state index is 6.10. The van der Waals surface area contributed by atoms with Crippen molar-refractivity contribution in [1.29, 1.82) is 0 Å². The molecule has 0 spiro atoms. The Hall–Kier alpha value is -2.37. The van der Waals surface area contributed by atoms with Gasteiger partial charge in [0.05, 0.1) is 37.8 Å². The van der Waals surface area contributed by atoms with Crippen LogP contribution in [0.15, 0.2) is 48.8 Å². The van der Waals surface area contributed by atoms with Gasteiger partial charge in [0, 0.05) is 24.7 Å². The number of pyridine rings is 1. The summed E-state index contributed by atoms with van der Waals surface area (Å²) in [6, 6.07) is 12.5. The van der Waals surface area contributed by atoms with Crippen molar-refractivity contribution in [3.63, 3.8) is 0 Å². The molecule has 1 aromatic carbocycles. The molecule has 0 saturated carbocycles. The first-order chi connectivity index (χ1) is 12.3. The van der Waals surface area contributed by atoms with Gasteiger partial charge in [0.1, 0.15) is 5.65 Å². The van der Waals surface area contributed by atoms with Crippen molar-refractivity contribution in [2.24, 2.45) is 0 Å². The lowest BCUT2D eigenvalue weighted by atomic mass is 10.2. The van der Waals surface area contributed by atoms with Crippen LogP contribution in [0, 0.1) is 6.92 Å². The first kappa shape index (κ1) is 16.1. The topological polar surface area (TPSA) is 50.4 Å². The smallest absolute Gasteiger partial charge is 0.137 e. The number of anilines is 1. The highest BCUT2D eigenvalue weighted by Crippen LogP contribution is 2.23. The average molecular weight is 337 g/mol. The molecule has 0 radical (unpaired) electrons. The molecule has 1 unspecified atom stereocenters. The Bertz CT molecular complexity index is 831. The molecule has 1 fully saturated rings. The summed E-state index contributed by atoms with van der Waals surface area (Å²) in [6.07, 6.45) is 3.97. The molecular weight excluding hydrogens is 314 g/mol. The zero-order valence-electron chi connectivity index (χ0n) is 14.4. The van der Waals surface area contributed by atoms with Gasteiger partial charge in [-0.1, -0.05) is 30.3 Å². The number of rotatable bonds is 4. The molecule has 4 rings (SSSR count). The Morgan fingerprint density at radius 1 is 1.32 bits per heavy atom. The number of benzene rings is 1. The van der Waals surface area contributed by atoms with Gasteiger partial charge in [0.2, 0.25) is 0 Å². The number of fused-ring (bicyclic) bond motifs is 1. The summed E-state index contributed by atoms with van der Waals surface area (Å²) in [6.45, 7) is 5.70. The summed E-state index contributed by atoms with van der Waals surface area (Å²) in [5.74, 6) is 0. The van der Waals surface area contributed by atoms with E-state index in [1.807, 2.05) is 30.6 Å². The number of ether oxygens (including phenoxy) is 2. The first-order valence-electron chi connectivity index (χ1n) is 8.71. The van der Waals surface area contributed by atoms with Gasteiger partial charge >= 0.3 is 0 Å². The van der Waals surface area contributed by atoms with Crippen LogP contribution >= 0.6 is 0 Å².